The van der Waals surface area contributed by atoms with Crippen LogP contribution in [0.4, 0.5) is 0 Å². The van der Waals surface area contributed by atoms with Gasteiger partial charge < -0.3 is 4.90 Å². The lowest BCUT2D eigenvalue weighted by Crippen LogP contribution is -2.47. The minimum Gasteiger partial charge on any atom is -0.344 e. The monoisotopic (exact) mass is 449 g/mol. The number of nitrogens with one attached hydrogen (secondary N) is 1. The number of aryl methyl sites for hydroxylation is 1. The number of hydrogen-bond acceptors (Lipinski definition) is 5. The second-order valence-corrected chi connectivity index (χ2v) is 10.4. The predicted molar refractivity (Wildman–Crippen MR) is 119 cm³/mol. The number of hydrogen-bond donors (Lipinski definition) is 1. The van der Waals surface area contributed by atoms with Gasteiger partial charge in [-0.1, -0.05) is 19.1 Å². The predicted octanol–water partition coefficient (Wildman–Crippen LogP) is 3.30. The third-order valence-corrected chi connectivity index (χ3v) is 7.95. The summed E-state index contributed by atoms with van der Waals surface area (Å²) in [7, 11) is -1.35. The summed E-state index contributed by atoms with van der Waals surface area (Å²) in [6.45, 7) is 4.40. The molecule has 0 unspecified atom stereocenters. The molecule has 2 saturated heterocycles. The molecule has 1 N–H and O–H groups in total. The van der Waals surface area contributed by atoms with Crippen LogP contribution in [0.5, 0.6) is 0 Å². The molecule has 4 rings (SSSR count). The number of carbonyl (C=O) groups excluding carboxylic acids is 1. The molecule has 0 aliphatic carbocycles. The number of pyridine rings is 1. The number of amides is 1. The summed E-state index contributed by atoms with van der Waals surface area (Å²) in [5.41, 5.74) is 3.35. The summed E-state index contributed by atoms with van der Waals surface area (Å²) >= 11 is 0. The van der Waals surface area contributed by atoms with Crippen LogP contribution in [0, 0.1) is 6.92 Å². The average Bonchev–Trinajstić information content (AvgIpc) is 3.27. The molecule has 30 heavy (non-hydrogen) atoms. The number of likely N-dealkylation sites (N-methyl/N-ethyl adjacent to an activating group) is 1. The maximum absolute atomic E-state index is 12.6. The highest BCUT2D eigenvalue weighted by molar-refractivity contribution is 7.91. The van der Waals surface area contributed by atoms with Gasteiger partial charge in [0.1, 0.15) is 5.54 Å². The van der Waals surface area contributed by atoms with Gasteiger partial charge in [-0.25, -0.2) is 8.42 Å². The van der Waals surface area contributed by atoms with Gasteiger partial charge in [0.2, 0.25) is 5.91 Å². The summed E-state index contributed by atoms with van der Waals surface area (Å²) < 4.78 is 24.1. The van der Waals surface area contributed by atoms with Crippen molar-refractivity contribution in [3.8, 4) is 11.1 Å². The lowest BCUT2D eigenvalue weighted by Gasteiger charge is -2.23. The third-order valence-electron chi connectivity index (χ3n) is 6.20. The van der Waals surface area contributed by atoms with E-state index in [0.717, 1.165) is 48.3 Å². The van der Waals surface area contributed by atoms with Crippen LogP contribution in [-0.2, 0) is 14.6 Å². The molecule has 0 radical (unpaired) electrons. The Labute approximate surface area is 184 Å². The van der Waals surface area contributed by atoms with E-state index in [1.807, 2.05) is 32.2 Å². The number of carbonyl (C=O) groups is 1. The minimum absolute atomic E-state index is 0. The maximum atomic E-state index is 12.6. The van der Waals surface area contributed by atoms with E-state index in [9.17, 15) is 13.2 Å². The molecule has 2 atom stereocenters. The van der Waals surface area contributed by atoms with Crippen molar-refractivity contribution in [1.82, 2.24) is 15.2 Å². The van der Waals surface area contributed by atoms with E-state index < -0.39 is 15.4 Å². The molecule has 1 aromatic heterocycles. The molecule has 2 aromatic rings. The van der Waals surface area contributed by atoms with E-state index in [1.165, 1.54) is 0 Å². The van der Waals surface area contributed by atoms with Crippen LogP contribution >= 0.6 is 12.4 Å². The summed E-state index contributed by atoms with van der Waals surface area (Å²) in [4.78, 5) is 19.5. The smallest absolute Gasteiger partial charge is 0.242 e. The summed E-state index contributed by atoms with van der Waals surface area (Å²) in [6.07, 6.45) is 2.55. The topological polar surface area (TPSA) is 79.4 Å². The van der Waals surface area contributed by atoms with E-state index >= 15 is 0 Å². The molecule has 1 amide bonds. The molecule has 1 aromatic carbocycles. The SMILES string of the molecule is CCS(=O)(=O)c1ccc(-c2cc(C)nc([C@@H]3CC[C@]4(CCN(C)C4=O)N3)c2)cc1.Cl. The third kappa shape index (κ3) is 3.98. The van der Waals surface area contributed by atoms with Gasteiger partial charge in [0.05, 0.1) is 22.4 Å². The normalized spacial score (nSPS) is 23.8. The van der Waals surface area contributed by atoms with Gasteiger partial charge in [-0.2, -0.15) is 0 Å². The highest BCUT2D eigenvalue weighted by atomic mass is 35.5. The molecule has 8 heteroatoms. The first-order valence-corrected chi connectivity index (χ1v) is 11.7. The Hall–Kier alpha value is -1.96. The molecule has 2 aliphatic rings. The van der Waals surface area contributed by atoms with Crippen molar-refractivity contribution in [3.63, 3.8) is 0 Å². The zero-order valence-electron chi connectivity index (χ0n) is 17.5. The Balaban J connectivity index is 0.00000256. The Bertz CT molecular complexity index is 1060. The minimum atomic E-state index is -3.21. The first-order chi connectivity index (χ1) is 13.7. The number of aromatic nitrogens is 1. The van der Waals surface area contributed by atoms with Crippen LogP contribution in [0.25, 0.3) is 11.1 Å². The van der Waals surface area contributed by atoms with Gasteiger partial charge >= 0.3 is 0 Å². The standard InChI is InChI=1S/C22H27N3O3S.ClH/c1-4-29(27,28)18-7-5-16(6-8-18)17-13-15(2)23-20(14-17)19-9-10-22(24-19)11-12-25(3)21(22)26;/h5-8,13-14,19,24H,4,9-12H2,1-3H3;1H/t19-,22+;/m0./s1. The van der Waals surface area contributed by atoms with E-state index in [-0.39, 0.29) is 30.1 Å². The quantitative estimate of drug-likeness (QED) is 0.774. The molecular formula is C22H28ClN3O3S. The van der Waals surface area contributed by atoms with Crippen molar-refractivity contribution >= 4 is 28.2 Å². The Morgan fingerprint density at radius 2 is 1.87 bits per heavy atom. The van der Waals surface area contributed by atoms with Gasteiger partial charge in [-0.05, 0) is 61.6 Å². The fourth-order valence-corrected chi connectivity index (χ4v) is 5.33. The van der Waals surface area contributed by atoms with Crippen molar-refractivity contribution < 1.29 is 13.2 Å². The number of likely N-dealkylation sites (tertiary alicyclic amines) is 1. The Morgan fingerprint density at radius 3 is 2.47 bits per heavy atom. The van der Waals surface area contributed by atoms with Crippen molar-refractivity contribution in [1.29, 1.82) is 0 Å². The van der Waals surface area contributed by atoms with Crippen molar-refractivity contribution in [2.75, 3.05) is 19.3 Å². The Kier molecular flexibility index (Phi) is 6.28. The Morgan fingerprint density at radius 1 is 1.17 bits per heavy atom. The highest BCUT2D eigenvalue weighted by Gasteiger charge is 2.50. The molecule has 2 fully saturated rings. The van der Waals surface area contributed by atoms with Gasteiger partial charge in [0, 0.05) is 19.3 Å². The first-order valence-electron chi connectivity index (χ1n) is 10.1. The van der Waals surface area contributed by atoms with E-state index in [0.29, 0.717) is 4.90 Å². The molecule has 3 heterocycles. The van der Waals surface area contributed by atoms with Crippen LogP contribution in [0.1, 0.15) is 43.6 Å². The van der Waals surface area contributed by atoms with E-state index in [2.05, 4.69) is 11.4 Å². The molecule has 0 bridgehead atoms. The molecule has 2 aliphatic heterocycles. The molecule has 0 saturated carbocycles. The highest BCUT2D eigenvalue weighted by Crippen LogP contribution is 2.39. The molecule has 1 spiro atoms. The van der Waals surface area contributed by atoms with E-state index in [4.69, 9.17) is 4.98 Å². The molecular weight excluding hydrogens is 422 g/mol. The zero-order valence-corrected chi connectivity index (χ0v) is 19.1. The summed E-state index contributed by atoms with van der Waals surface area (Å²) in [5, 5.41) is 3.57. The van der Waals surface area contributed by atoms with Crippen LogP contribution < -0.4 is 5.32 Å². The van der Waals surface area contributed by atoms with E-state index in [1.54, 1.807) is 24.0 Å². The number of nitrogens with zero attached hydrogens (tertiary/aromatic N) is 2. The zero-order chi connectivity index (χ0) is 20.8. The van der Waals surface area contributed by atoms with Gasteiger partial charge in [-0.15, -0.1) is 12.4 Å². The van der Waals surface area contributed by atoms with Crippen molar-refractivity contribution in [2.24, 2.45) is 0 Å². The van der Waals surface area contributed by atoms with Gasteiger partial charge in [0.25, 0.3) is 0 Å². The fraction of sp³-hybridized carbons (Fsp3) is 0.455. The number of benzene rings is 1. The van der Waals surface area contributed by atoms with Crippen LogP contribution in [0.2, 0.25) is 0 Å². The van der Waals surface area contributed by atoms with Crippen LogP contribution in [0.15, 0.2) is 41.3 Å². The summed E-state index contributed by atoms with van der Waals surface area (Å²) in [6, 6.07) is 11.1. The van der Waals surface area contributed by atoms with Crippen LogP contribution in [0.3, 0.4) is 0 Å². The number of sulfone groups is 1. The van der Waals surface area contributed by atoms with Crippen molar-refractivity contribution in [3.05, 3.63) is 47.8 Å². The summed E-state index contributed by atoms with van der Waals surface area (Å²) in [5.74, 6) is 0.272. The second-order valence-electron chi connectivity index (χ2n) is 8.14. The molecule has 162 valence electrons. The lowest BCUT2D eigenvalue weighted by atomic mass is 9.96. The lowest BCUT2D eigenvalue weighted by molar-refractivity contribution is -0.131. The molecule has 6 nitrogen and oxygen atoms in total. The number of halogens is 1. The maximum Gasteiger partial charge on any atom is 0.242 e. The second kappa shape index (κ2) is 8.29. The first kappa shape index (κ1) is 22.7. The fourth-order valence-electron chi connectivity index (χ4n) is 4.45. The van der Waals surface area contributed by atoms with Gasteiger partial charge in [-0.3, -0.25) is 15.1 Å². The average molecular weight is 450 g/mol. The van der Waals surface area contributed by atoms with Crippen molar-refractivity contribution in [2.45, 2.75) is 49.6 Å². The van der Waals surface area contributed by atoms with Crippen LogP contribution in [-0.4, -0.2) is 49.1 Å². The largest absolute Gasteiger partial charge is 0.344 e. The number of rotatable bonds is 4. The van der Waals surface area contributed by atoms with Gasteiger partial charge in [0.15, 0.2) is 9.84 Å².